The van der Waals surface area contributed by atoms with E-state index in [1.165, 1.54) is 6.42 Å². The highest BCUT2D eigenvalue weighted by molar-refractivity contribution is 5.78. The van der Waals surface area contributed by atoms with Crippen LogP contribution in [0.5, 0.6) is 11.5 Å². The number of nitrogens with one attached hydrogen (secondary N) is 1. The van der Waals surface area contributed by atoms with Crippen molar-refractivity contribution in [3.05, 3.63) is 23.8 Å². The number of fused-ring (bicyclic) bond motifs is 1. The molecule has 2 aliphatic rings. The molecular weight excluding hydrogens is 294 g/mol. The first kappa shape index (κ1) is 16.1. The zero-order valence-corrected chi connectivity index (χ0v) is 13.5. The van der Waals surface area contributed by atoms with Gasteiger partial charge in [0.1, 0.15) is 13.2 Å². The standard InChI is InChI=1S/C18H25NO4/c20-13-18(6-2-1-3-7-18)12-19-17(21)11-14-4-5-15-16(10-14)23-9-8-22-15/h4-5,10,20H,1-3,6-9,11-13H2,(H,19,21). The van der Waals surface area contributed by atoms with Crippen LogP contribution in [-0.4, -0.2) is 37.4 Å². The summed E-state index contributed by atoms with van der Waals surface area (Å²) in [5.74, 6) is 1.43. The van der Waals surface area contributed by atoms with Gasteiger partial charge in [0.2, 0.25) is 5.91 Å². The first-order chi connectivity index (χ1) is 11.2. The van der Waals surface area contributed by atoms with E-state index < -0.39 is 0 Å². The molecule has 0 atom stereocenters. The Hall–Kier alpha value is -1.75. The summed E-state index contributed by atoms with van der Waals surface area (Å²) in [6.45, 7) is 1.82. The van der Waals surface area contributed by atoms with Crippen molar-refractivity contribution >= 4 is 5.91 Å². The molecular formula is C18H25NO4. The van der Waals surface area contributed by atoms with Crippen LogP contribution in [0.4, 0.5) is 0 Å². The van der Waals surface area contributed by atoms with Crippen molar-refractivity contribution in [2.75, 3.05) is 26.4 Å². The Morgan fingerprint density at radius 1 is 1.13 bits per heavy atom. The lowest BCUT2D eigenvalue weighted by Crippen LogP contribution is -2.41. The predicted molar refractivity (Wildman–Crippen MR) is 86.7 cm³/mol. The predicted octanol–water partition coefficient (Wildman–Crippen LogP) is 2.06. The third-order valence-electron chi connectivity index (χ3n) is 4.88. The van der Waals surface area contributed by atoms with Gasteiger partial charge in [-0.1, -0.05) is 25.3 Å². The van der Waals surface area contributed by atoms with Crippen LogP contribution in [0.2, 0.25) is 0 Å². The number of carbonyl (C=O) groups is 1. The maximum atomic E-state index is 12.2. The van der Waals surface area contributed by atoms with E-state index in [9.17, 15) is 9.90 Å². The molecule has 0 saturated heterocycles. The van der Waals surface area contributed by atoms with Crippen LogP contribution in [0.25, 0.3) is 0 Å². The van der Waals surface area contributed by atoms with Gasteiger partial charge >= 0.3 is 0 Å². The van der Waals surface area contributed by atoms with Crippen LogP contribution >= 0.6 is 0 Å². The third kappa shape index (κ3) is 3.96. The summed E-state index contributed by atoms with van der Waals surface area (Å²) >= 11 is 0. The van der Waals surface area contributed by atoms with E-state index >= 15 is 0 Å². The van der Waals surface area contributed by atoms with E-state index in [0.29, 0.717) is 31.9 Å². The molecule has 126 valence electrons. The lowest BCUT2D eigenvalue weighted by atomic mass is 9.74. The van der Waals surface area contributed by atoms with Crippen molar-refractivity contribution in [2.24, 2.45) is 5.41 Å². The van der Waals surface area contributed by atoms with Crippen LogP contribution in [-0.2, 0) is 11.2 Å². The molecule has 3 rings (SSSR count). The average molecular weight is 319 g/mol. The van der Waals surface area contributed by atoms with E-state index in [1.54, 1.807) is 0 Å². The second-order valence-corrected chi connectivity index (χ2v) is 6.65. The Balaban J connectivity index is 1.54. The Morgan fingerprint density at radius 3 is 2.61 bits per heavy atom. The fourth-order valence-corrected chi connectivity index (χ4v) is 3.42. The molecule has 5 heteroatoms. The lowest BCUT2D eigenvalue weighted by molar-refractivity contribution is -0.121. The molecule has 0 radical (unpaired) electrons. The summed E-state index contributed by atoms with van der Waals surface area (Å²) < 4.78 is 11.0. The van der Waals surface area contributed by atoms with Gasteiger partial charge in [-0.2, -0.15) is 0 Å². The normalized spacial score (nSPS) is 19.2. The summed E-state index contributed by atoms with van der Waals surface area (Å²) in [7, 11) is 0. The molecule has 1 aromatic rings. The van der Waals surface area contributed by atoms with Gasteiger partial charge in [0.15, 0.2) is 11.5 Å². The number of amides is 1. The maximum absolute atomic E-state index is 12.2. The minimum Gasteiger partial charge on any atom is -0.486 e. The van der Waals surface area contributed by atoms with Gasteiger partial charge in [0.05, 0.1) is 13.0 Å². The van der Waals surface area contributed by atoms with Crippen molar-refractivity contribution in [3.63, 3.8) is 0 Å². The molecule has 0 spiro atoms. The Bertz CT molecular complexity index is 552. The zero-order valence-electron chi connectivity index (χ0n) is 13.5. The van der Waals surface area contributed by atoms with Gasteiger partial charge in [0.25, 0.3) is 0 Å². The van der Waals surface area contributed by atoms with Gasteiger partial charge in [-0.05, 0) is 30.5 Å². The van der Waals surface area contributed by atoms with Gasteiger partial charge in [0, 0.05) is 12.0 Å². The number of aliphatic hydroxyl groups excluding tert-OH is 1. The number of hydrogen-bond donors (Lipinski definition) is 2. The lowest BCUT2D eigenvalue weighted by Gasteiger charge is -2.35. The SMILES string of the molecule is O=C(Cc1ccc2c(c1)OCCO2)NCC1(CO)CCCCC1. The average Bonchev–Trinajstić information content (AvgIpc) is 2.61. The molecule has 1 aliphatic heterocycles. The molecule has 23 heavy (non-hydrogen) atoms. The first-order valence-corrected chi connectivity index (χ1v) is 8.47. The van der Waals surface area contributed by atoms with Crippen LogP contribution < -0.4 is 14.8 Å². The summed E-state index contributed by atoms with van der Waals surface area (Å²) in [5.41, 5.74) is 0.786. The third-order valence-corrected chi connectivity index (χ3v) is 4.88. The van der Waals surface area contributed by atoms with E-state index in [2.05, 4.69) is 5.32 Å². The van der Waals surface area contributed by atoms with Crippen LogP contribution in [0.15, 0.2) is 18.2 Å². The highest BCUT2D eigenvalue weighted by atomic mass is 16.6. The van der Waals surface area contributed by atoms with E-state index in [1.807, 2.05) is 18.2 Å². The van der Waals surface area contributed by atoms with E-state index in [0.717, 1.165) is 37.0 Å². The largest absolute Gasteiger partial charge is 0.486 e. The molecule has 0 unspecified atom stereocenters. The number of rotatable bonds is 5. The van der Waals surface area contributed by atoms with Crippen molar-refractivity contribution in [1.82, 2.24) is 5.32 Å². The monoisotopic (exact) mass is 319 g/mol. The summed E-state index contributed by atoms with van der Waals surface area (Å²) in [5, 5.41) is 12.7. The highest BCUT2D eigenvalue weighted by Crippen LogP contribution is 2.35. The summed E-state index contributed by atoms with van der Waals surface area (Å²) in [6, 6.07) is 5.62. The molecule has 1 aromatic carbocycles. The number of benzene rings is 1. The van der Waals surface area contributed by atoms with Crippen molar-refractivity contribution in [2.45, 2.75) is 38.5 Å². The van der Waals surface area contributed by atoms with Crippen LogP contribution in [0.1, 0.15) is 37.7 Å². The zero-order chi connectivity index (χ0) is 16.1. The fraction of sp³-hybridized carbons (Fsp3) is 0.611. The summed E-state index contributed by atoms with van der Waals surface area (Å²) in [4.78, 5) is 12.2. The van der Waals surface area contributed by atoms with E-state index in [-0.39, 0.29) is 17.9 Å². The second-order valence-electron chi connectivity index (χ2n) is 6.65. The van der Waals surface area contributed by atoms with E-state index in [4.69, 9.17) is 9.47 Å². The van der Waals surface area contributed by atoms with Crippen molar-refractivity contribution in [3.8, 4) is 11.5 Å². The molecule has 1 amide bonds. The number of hydrogen-bond acceptors (Lipinski definition) is 4. The summed E-state index contributed by atoms with van der Waals surface area (Å²) in [6.07, 6.45) is 5.81. The van der Waals surface area contributed by atoms with Crippen LogP contribution in [0.3, 0.4) is 0 Å². The van der Waals surface area contributed by atoms with Gasteiger partial charge < -0.3 is 19.9 Å². The molecule has 0 aromatic heterocycles. The van der Waals surface area contributed by atoms with Crippen molar-refractivity contribution < 1.29 is 19.4 Å². The number of carbonyl (C=O) groups excluding carboxylic acids is 1. The van der Waals surface area contributed by atoms with Gasteiger partial charge in [-0.15, -0.1) is 0 Å². The Labute approximate surface area is 137 Å². The smallest absolute Gasteiger partial charge is 0.224 e. The Kier molecular flexibility index (Phi) is 5.06. The minimum atomic E-state index is -0.124. The minimum absolute atomic E-state index is 0.0138. The Morgan fingerprint density at radius 2 is 1.87 bits per heavy atom. The molecule has 0 bridgehead atoms. The fourth-order valence-electron chi connectivity index (χ4n) is 3.42. The second kappa shape index (κ2) is 7.21. The molecule has 1 fully saturated rings. The van der Waals surface area contributed by atoms with Gasteiger partial charge in [-0.25, -0.2) is 0 Å². The maximum Gasteiger partial charge on any atom is 0.224 e. The van der Waals surface area contributed by atoms with Crippen LogP contribution in [0, 0.1) is 5.41 Å². The molecule has 1 aliphatic carbocycles. The topological polar surface area (TPSA) is 67.8 Å². The quantitative estimate of drug-likeness (QED) is 0.872. The number of ether oxygens (including phenoxy) is 2. The highest BCUT2D eigenvalue weighted by Gasteiger charge is 2.31. The molecule has 1 saturated carbocycles. The van der Waals surface area contributed by atoms with Crippen molar-refractivity contribution in [1.29, 1.82) is 0 Å². The van der Waals surface area contributed by atoms with Gasteiger partial charge in [-0.3, -0.25) is 4.79 Å². The number of aliphatic hydroxyl groups is 1. The molecule has 1 heterocycles. The first-order valence-electron chi connectivity index (χ1n) is 8.47. The molecule has 5 nitrogen and oxygen atoms in total. The molecule has 2 N–H and O–H groups in total.